The number of carbonyl (C=O) groups is 1. The predicted molar refractivity (Wildman–Crippen MR) is 72.4 cm³/mol. The van der Waals surface area contributed by atoms with E-state index in [2.05, 4.69) is 5.32 Å². The molecule has 0 aliphatic heterocycles. The van der Waals surface area contributed by atoms with Crippen LogP contribution in [0.2, 0.25) is 0 Å². The zero-order valence-electron chi connectivity index (χ0n) is 9.94. The first-order chi connectivity index (χ1) is 8.22. The molecule has 0 heterocycles. The van der Waals surface area contributed by atoms with Crippen LogP contribution in [0.5, 0.6) is 5.75 Å². The molecule has 0 spiro atoms. The second-order valence-electron chi connectivity index (χ2n) is 3.51. The van der Waals surface area contributed by atoms with Crippen molar-refractivity contribution in [2.75, 3.05) is 30.9 Å². The quantitative estimate of drug-likeness (QED) is 0.572. The van der Waals surface area contributed by atoms with E-state index in [0.29, 0.717) is 25.3 Å². The van der Waals surface area contributed by atoms with E-state index in [1.807, 2.05) is 18.4 Å². The minimum Gasteiger partial charge on any atom is -0.492 e. The molecule has 1 rings (SSSR count). The first-order valence-corrected chi connectivity index (χ1v) is 6.85. The monoisotopic (exact) mass is 254 g/mol. The van der Waals surface area contributed by atoms with Crippen molar-refractivity contribution in [3.63, 3.8) is 0 Å². The van der Waals surface area contributed by atoms with Gasteiger partial charge in [0.25, 0.3) is 0 Å². The minimum atomic E-state index is 0.0697. The number of nitrogens with one attached hydrogen (secondary N) is 1. The number of hydrogen-bond acceptors (Lipinski definition) is 4. The number of benzene rings is 1. The van der Waals surface area contributed by atoms with Crippen LogP contribution in [0.15, 0.2) is 24.3 Å². The summed E-state index contributed by atoms with van der Waals surface area (Å²) >= 11 is 1.66. The average molecular weight is 254 g/mol. The number of carbonyl (C=O) groups excluding carboxylic acids is 1. The average Bonchev–Trinajstić information content (AvgIpc) is 2.34. The Hall–Kier alpha value is -1.36. The third kappa shape index (κ3) is 6.06. The summed E-state index contributed by atoms with van der Waals surface area (Å²) in [6.45, 7) is 0.993. The van der Waals surface area contributed by atoms with Crippen molar-refractivity contribution < 1.29 is 9.53 Å². The molecule has 0 atom stereocenters. The third-order valence-electron chi connectivity index (χ3n) is 2.11. The summed E-state index contributed by atoms with van der Waals surface area (Å²) in [5, 5.41) is 2.80. The van der Waals surface area contributed by atoms with Crippen molar-refractivity contribution in [2.24, 2.45) is 0 Å². The van der Waals surface area contributed by atoms with Gasteiger partial charge in [-0.1, -0.05) is 0 Å². The first kappa shape index (κ1) is 13.7. The summed E-state index contributed by atoms with van der Waals surface area (Å²) in [6.07, 6.45) is 2.54. The molecule has 0 bridgehead atoms. The number of hydrogen-bond donors (Lipinski definition) is 2. The molecule has 0 fully saturated rings. The van der Waals surface area contributed by atoms with E-state index < -0.39 is 0 Å². The Morgan fingerprint density at radius 2 is 2.12 bits per heavy atom. The van der Waals surface area contributed by atoms with Gasteiger partial charge in [0.1, 0.15) is 12.4 Å². The van der Waals surface area contributed by atoms with Gasteiger partial charge in [-0.3, -0.25) is 4.79 Å². The zero-order valence-corrected chi connectivity index (χ0v) is 10.8. The Balaban J connectivity index is 2.11. The van der Waals surface area contributed by atoms with Gasteiger partial charge in [0.05, 0.1) is 6.54 Å². The van der Waals surface area contributed by atoms with Crippen LogP contribution in [-0.2, 0) is 4.79 Å². The Labute approximate surface area is 106 Å². The van der Waals surface area contributed by atoms with Gasteiger partial charge < -0.3 is 15.8 Å². The molecule has 3 N–H and O–H groups in total. The molecule has 17 heavy (non-hydrogen) atoms. The molecule has 1 aromatic carbocycles. The van der Waals surface area contributed by atoms with Crippen molar-refractivity contribution in [3.8, 4) is 5.75 Å². The molecule has 1 aromatic rings. The van der Waals surface area contributed by atoms with E-state index in [1.165, 1.54) is 0 Å². The van der Waals surface area contributed by atoms with Crippen LogP contribution in [0.1, 0.15) is 6.42 Å². The molecule has 0 unspecified atom stereocenters. The van der Waals surface area contributed by atoms with Crippen molar-refractivity contribution >= 4 is 23.4 Å². The van der Waals surface area contributed by atoms with Gasteiger partial charge in [-0.25, -0.2) is 0 Å². The maximum atomic E-state index is 11.3. The number of amides is 1. The second kappa shape index (κ2) is 7.84. The topological polar surface area (TPSA) is 64.3 Å². The van der Waals surface area contributed by atoms with Crippen molar-refractivity contribution in [3.05, 3.63) is 24.3 Å². The smallest absolute Gasteiger partial charge is 0.220 e. The number of nitrogen functional groups attached to an aromatic ring is 1. The fraction of sp³-hybridized carbons (Fsp3) is 0.417. The van der Waals surface area contributed by atoms with E-state index in [9.17, 15) is 4.79 Å². The van der Waals surface area contributed by atoms with Gasteiger partial charge in [0.2, 0.25) is 5.91 Å². The van der Waals surface area contributed by atoms with Gasteiger partial charge in [0, 0.05) is 17.9 Å². The molecule has 5 heteroatoms. The fourth-order valence-electron chi connectivity index (χ4n) is 1.21. The van der Waals surface area contributed by atoms with Crippen LogP contribution in [-0.4, -0.2) is 31.1 Å². The van der Waals surface area contributed by atoms with E-state index >= 15 is 0 Å². The Morgan fingerprint density at radius 3 is 2.76 bits per heavy atom. The first-order valence-electron chi connectivity index (χ1n) is 5.46. The molecule has 94 valence electrons. The summed E-state index contributed by atoms with van der Waals surface area (Å²) in [6, 6.07) is 7.19. The fourth-order valence-corrected chi connectivity index (χ4v) is 1.60. The Morgan fingerprint density at radius 1 is 1.41 bits per heavy atom. The highest BCUT2D eigenvalue weighted by molar-refractivity contribution is 7.98. The van der Waals surface area contributed by atoms with E-state index in [-0.39, 0.29) is 5.91 Å². The molecule has 0 saturated carbocycles. The van der Waals surface area contributed by atoms with Gasteiger partial charge in [0.15, 0.2) is 0 Å². The van der Waals surface area contributed by atoms with Crippen LogP contribution in [0.25, 0.3) is 0 Å². The van der Waals surface area contributed by atoms with Crippen LogP contribution in [0.3, 0.4) is 0 Å². The number of ether oxygens (including phenoxy) is 1. The molecular weight excluding hydrogens is 236 g/mol. The number of thioether (sulfide) groups is 1. The van der Waals surface area contributed by atoms with E-state index in [4.69, 9.17) is 10.5 Å². The molecule has 4 nitrogen and oxygen atoms in total. The van der Waals surface area contributed by atoms with Gasteiger partial charge in [-0.15, -0.1) is 0 Å². The van der Waals surface area contributed by atoms with Crippen molar-refractivity contribution in [2.45, 2.75) is 6.42 Å². The Bertz CT molecular complexity index is 341. The second-order valence-corrected chi connectivity index (χ2v) is 4.50. The summed E-state index contributed by atoms with van der Waals surface area (Å²) in [4.78, 5) is 11.3. The van der Waals surface area contributed by atoms with E-state index in [1.54, 1.807) is 23.9 Å². The summed E-state index contributed by atoms with van der Waals surface area (Å²) < 4.78 is 5.44. The van der Waals surface area contributed by atoms with Crippen molar-refractivity contribution in [1.82, 2.24) is 5.32 Å². The van der Waals surface area contributed by atoms with Crippen LogP contribution < -0.4 is 15.8 Å². The maximum Gasteiger partial charge on any atom is 0.220 e. The van der Waals surface area contributed by atoms with Gasteiger partial charge >= 0.3 is 0 Å². The van der Waals surface area contributed by atoms with Crippen LogP contribution in [0.4, 0.5) is 5.69 Å². The predicted octanol–water partition coefficient (Wildman–Crippen LogP) is 1.52. The lowest BCUT2D eigenvalue weighted by Crippen LogP contribution is -2.28. The summed E-state index contributed by atoms with van der Waals surface area (Å²) in [5.41, 5.74) is 6.26. The summed E-state index contributed by atoms with van der Waals surface area (Å²) in [7, 11) is 0. The lowest BCUT2D eigenvalue weighted by molar-refractivity contribution is -0.120. The highest BCUT2D eigenvalue weighted by atomic mass is 32.2. The molecule has 0 aliphatic carbocycles. The molecule has 0 aliphatic rings. The molecule has 0 aromatic heterocycles. The number of rotatable bonds is 7. The number of anilines is 1. The Kier molecular flexibility index (Phi) is 6.32. The lowest BCUT2D eigenvalue weighted by Gasteiger charge is -2.07. The number of nitrogens with two attached hydrogens (primary N) is 1. The summed E-state index contributed by atoms with van der Waals surface area (Å²) in [5.74, 6) is 1.68. The zero-order chi connectivity index (χ0) is 12.5. The lowest BCUT2D eigenvalue weighted by atomic mass is 10.3. The van der Waals surface area contributed by atoms with E-state index in [0.717, 1.165) is 11.5 Å². The third-order valence-corrected chi connectivity index (χ3v) is 2.72. The molecule has 0 radical (unpaired) electrons. The normalized spacial score (nSPS) is 9.94. The highest BCUT2D eigenvalue weighted by Crippen LogP contribution is 2.12. The van der Waals surface area contributed by atoms with Gasteiger partial charge in [-0.05, 0) is 30.5 Å². The highest BCUT2D eigenvalue weighted by Gasteiger charge is 1.99. The minimum absolute atomic E-state index is 0.0697. The molecular formula is C12H18N2O2S. The SMILES string of the molecule is CSCCC(=O)NCCOc1ccc(N)cc1. The van der Waals surface area contributed by atoms with Gasteiger partial charge in [-0.2, -0.15) is 11.8 Å². The van der Waals surface area contributed by atoms with Crippen LogP contribution in [0, 0.1) is 0 Å². The standard InChI is InChI=1S/C12H18N2O2S/c1-17-9-6-12(15)14-7-8-16-11-4-2-10(13)3-5-11/h2-5H,6-9,13H2,1H3,(H,14,15). The van der Waals surface area contributed by atoms with Crippen LogP contribution >= 0.6 is 11.8 Å². The maximum absolute atomic E-state index is 11.3. The largest absolute Gasteiger partial charge is 0.492 e. The molecule has 1 amide bonds. The molecule has 0 saturated heterocycles. The van der Waals surface area contributed by atoms with Crippen molar-refractivity contribution in [1.29, 1.82) is 0 Å².